The number of hydrogen-bond donors (Lipinski definition) is 0. The molecule has 0 N–H and O–H groups in total. The van der Waals surface area contributed by atoms with E-state index >= 15 is 0 Å². The summed E-state index contributed by atoms with van der Waals surface area (Å²) in [6.07, 6.45) is 2.28. The van der Waals surface area contributed by atoms with Gasteiger partial charge in [0, 0.05) is 21.9 Å². The Morgan fingerprint density at radius 2 is 1.84 bits per heavy atom. The van der Waals surface area contributed by atoms with Crippen molar-refractivity contribution in [1.82, 2.24) is 9.97 Å². The Morgan fingerprint density at radius 1 is 1.05 bits per heavy atom. The second-order valence-corrected chi connectivity index (χ2v) is 6.63. The third kappa shape index (κ3) is 3.34. The number of halogens is 3. The maximum absolute atomic E-state index is 6.14. The molecule has 0 unspecified atom stereocenters. The van der Waals surface area contributed by atoms with Crippen molar-refractivity contribution in [2.24, 2.45) is 0 Å². The quantitative estimate of drug-likeness (QED) is 0.698. The van der Waals surface area contributed by atoms with Crippen molar-refractivity contribution in [3.63, 3.8) is 0 Å². The number of rotatable bonds is 3. The summed E-state index contributed by atoms with van der Waals surface area (Å²) < 4.78 is 0. The molecule has 1 saturated carbocycles. The van der Waals surface area contributed by atoms with E-state index in [-0.39, 0.29) is 0 Å². The van der Waals surface area contributed by atoms with Crippen molar-refractivity contribution in [2.45, 2.75) is 28.7 Å². The van der Waals surface area contributed by atoms with Crippen molar-refractivity contribution < 1.29 is 0 Å². The molecule has 98 valence electrons. The van der Waals surface area contributed by atoms with Crippen molar-refractivity contribution in [2.75, 3.05) is 0 Å². The molecule has 0 spiro atoms. The summed E-state index contributed by atoms with van der Waals surface area (Å²) in [4.78, 5) is 9.65. The molecule has 0 bridgehead atoms. The lowest BCUT2D eigenvalue weighted by atomic mass is 10.4. The zero-order valence-electron chi connectivity index (χ0n) is 9.74. The van der Waals surface area contributed by atoms with Crippen LogP contribution < -0.4 is 0 Å². The molecule has 0 aliphatic heterocycles. The van der Waals surface area contributed by atoms with E-state index in [4.69, 9.17) is 34.8 Å². The fourth-order valence-corrected chi connectivity index (χ4v) is 3.27. The fraction of sp³-hybridized carbons (Fsp3) is 0.231. The van der Waals surface area contributed by atoms with E-state index in [9.17, 15) is 0 Å². The zero-order valence-corrected chi connectivity index (χ0v) is 12.8. The molecule has 2 aromatic rings. The Labute approximate surface area is 130 Å². The maximum Gasteiger partial charge on any atom is 0.134 e. The standard InChI is InChI=1S/C13H9Cl3N2S/c14-8-3-4-9(15)10(5-8)19-12-6-11(16)17-13(18-12)7-1-2-7/h3-7H,1-2H2. The molecular weight excluding hydrogens is 323 g/mol. The lowest BCUT2D eigenvalue weighted by molar-refractivity contribution is 0.878. The van der Waals surface area contributed by atoms with Gasteiger partial charge in [-0.3, -0.25) is 0 Å². The van der Waals surface area contributed by atoms with E-state index in [2.05, 4.69) is 9.97 Å². The highest BCUT2D eigenvalue weighted by Gasteiger charge is 2.27. The Morgan fingerprint density at radius 3 is 2.58 bits per heavy atom. The van der Waals surface area contributed by atoms with Gasteiger partial charge in [0.15, 0.2) is 0 Å². The molecule has 0 amide bonds. The largest absolute Gasteiger partial charge is 0.226 e. The van der Waals surface area contributed by atoms with Crippen LogP contribution in [0.3, 0.4) is 0 Å². The second-order valence-electron chi connectivity index (χ2n) is 4.34. The third-order valence-electron chi connectivity index (χ3n) is 2.74. The summed E-state index contributed by atoms with van der Waals surface area (Å²) in [5, 5.41) is 2.56. The van der Waals surface area contributed by atoms with Crippen molar-refractivity contribution in [3.05, 3.63) is 45.3 Å². The van der Waals surface area contributed by atoms with E-state index in [1.165, 1.54) is 11.8 Å². The van der Waals surface area contributed by atoms with Gasteiger partial charge < -0.3 is 0 Å². The Balaban J connectivity index is 1.92. The van der Waals surface area contributed by atoms with Crippen molar-refractivity contribution in [1.29, 1.82) is 0 Å². The fourth-order valence-electron chi connectivity index (χ4n) is 1.66. The monoisotopic (exact) mass is 330 g/mol. The lowest BCUT2D eigenvalue weighted by Crippen LogP contribution is -1.94. The SMILES string of the molecule is Clc1ccc(Cl)c(Sc2cc(Cl)nc(C3CC3)n2)c1. The molecule has 1 aromatic heterocycles. The molecule has 6 heteroatoms. The molecule has 0 radical (unpaired) electrons. The molecule has 3 rings (SSSR count). The molecule has 2 nitrogen and oxygen atoms in total. The van der Waals surface area contributed by atoms with Crippen LogP contribution in [0.25, 0.3) is 0 Å². The summed E-state index contributed by atoms with van der Waals surface area (Å²) in [5.74, 6) is 1.29. The van der Waals surface area contributed by atoms with Crippen molar-refractivity contribution in [3.8, 4) is 0 Å². The second kappa shape index (κ2) is 5.49. The predicted molar refractivity (Wildman–Crippen MR) is 79.6 cm³/mol. The van der Waals surface area contributed by atoms with Crippen LogP contribution in [0, 0.1) is 0 Å². The predicted octanol–water partition coefficient (Wildman–Crippen LogP) is 5.47. The van der Waals surface area contributed by atoms with Gasteiger partial charge in [-0.1, -0.05) is 46.6 Å². The van der Waals surface area contributed by atoms with Crippen LogP contribution in [0.5, 0.6) is 0 Å². The molecule has 1 heterocycles. The van der Waals surface area contributed by atoms with Crippen LogP contribution in [0.15, 0.2) is 34.2 Å². The summed E-state index contributed by atoms with van der Waals surface area (Å²) in [6, 6.07) is 7.10. The van der Waals surface area contributed by atoms with E-state index in [1.807, 2.05) is 6.07 Å². The van der Waals surface area contributed by atoms with Gasteiger partial charge in [-0.05, 0) is 31.0 Å². The van der Waals surface area contributed by atoms with Gasteiger partial charge in [-0.15, -0.1) is 0 Å². The minimum atomic E-state index is 0.466. The first-order chi connectivity index (χ1) is 9.11. The highest BCUT2D eigenvalue weighted by molar-refractivity contribution is 7.99. The third-order valence-corrected chi connectivity index (χ3v) is 4.59. The minimum Gasteiger partial charge on any atom is -0.226 e. The Hall–Kier alpha value is -0.480. The number of aromatic nitrogens is 2. The summed E-state index contributed by atoms with van der Waals surface area (Å²) in [5.41, 5.74) is 0. The van der Waals surface area contributed by atoms with Crippen LogP contribution in [0.2, 0.25) is 15.2 Å². The Bertz CT molecular complexity index is 629. The van der Waals surface area contributed by atoms with E-state index in [0.29, 0.717) is 21.1 Å². The van der Waals surface area contributed by atoms with Crippen LogP contribution in [0.4, 0.5) is 0 Å². The van der Waals surface area contributed by atoms with Gasteiger partial charge in [0.05, 0.1) is 5.02 Å². The first kappa shape index (κ1) is 13.5. The molecule has 19 heavy (non-hydrogen) atoms. The van der Waals surface area contributed by atoms with Crippen LogP contribution in [-0.4, -0.2) is 9.97 Å². The number of hydrogen-bond acceptors (Lipinski definition) is 3. The molecule has 1 aromatic carbocycles. The maximum atomic E-state index is 6.14. The summed E-state index contributed by atoms with van der Waals surface area (Å²) >= 11 is 19.6. The van der Waals surface area contributed by atoms with E-state index in [1.54, 1.807) is 18.2 Å². The normalized spacial score (nSPS) is 14.7. The minimum absolute atomic E-state index is 0.466. The average Bonchev–Trinajstić information content (AvgIpc) is 3.17. The molecule has 0 atom stereocenters. The average molecular weight is 332 g/mol. The van der Waals surface area contributed by atoms with Crippen molar-refractivity contribution >= 4 is 46.6 Å². The molecule has 1 fully saturated rings. The molecular formula is C13H9Cl3N2S. The van der Waals surface area contributed by atoms with Crippen LogP contribution >= 0.6 is 46.6 Å². The molecule has 0 saturated heterocycles. The summed E-state index contributed by atoms with van der Waals surface area (Å²) in [7, 11) is 0. The van der Waals surface area contributed by atoms with Gasteiger partial charge >= 0.3 is 0 Å². The van der Waals surface area contributed by atoms with Gasteiger partial charge in [-0.25, -0.2) is 9.97 Å². The van der Waals surface area contributed by atoms with E-state index < -0.39 is 0 Å². The van der Waals surface area contributed by atoms with Crippen LogP contribution in [0.1, 0.15) is 24.6 Å². The van der Waals surface area contributed by atoms with Gasteiger partial charge in [-0.2, -0.15) is 0 Å². The van der Waals surface area contributed by atoms with Gasteiger partial charge in [0.2, 0.25) is 0 Å². The first-order valence-electron chi connectivity index (χ1n) is 5.79. The van der Waals surface area contributed by atoms with Gasteiger partial charge in [0.25, 0.3) is 0 Å². The number of nitrogens with zero attached hydrogens (tertiary/aromatic N) is 2. The molecule has 1 aliphatic carbocycles. The molecule has 1 aliphatic rings. The topological polar surface area (TPSA) is 25.8 Å². The smallest absolute Gasteiger partial charge is 0.134 e. The highest BCUT2D eigenvalue weighted by atomic mass is 35.5. The van der Waals surface area contributed by atoms with E-state index in [0.717, 1.165) is 28.6 Å². The first-order valence-corrected chi connectivity index (χ1v) is 7.74. The lowest BCUT2D eigenvalue weighted by Gasteiger charge is -2.06. The van der Waals surface area contributed by atoms with Gasteiger partial charge in [0.1, 0.15) is 16.0 Å². The zero-order chi connectivity index (χ0) is 13.4. The summed E-state index contributed by atoms with van der Waals surface area (Å²) in [6.45, 7) is 0. The van der Waals surface area contributed by atoms with Crippen LogP contribution in [-0.2, 0) is 0 Å². The highest BCUT2D eigenvalue weighted by Crippen LogP contribution is 2.40. The Kier molecular flexibility index (Phi) is 3.90. The number of benzene rings is 1.